The number of methoxy groups -OCH3 is 3. The Balaban J connectivity index is 2.64. The number of rotatable bonds is 4. The van der Waals surface area contributed by atoms with Gasteiger partial charge in [0.2, 0.25) is 5.75 Å². The Morgan fingerprint density at radius 1 is 0.900 bits per heavy atom. The molecule has 2 aromatic rings. The molecule has 0 fully saturated rings. The zero-order chi connectivity index (χ0) is 14.7. The van der Waals surface area contributed by atoms with E-state index in [1.165, 1.54) is 6.07 Å². The summed E-state index contributed by atoms with van der Waals surface area (Å²) >= 11 is 5.94. The van der Waals surface area contributed by atoms with Gasteiger partial charge in [0.25, 0.3) is 0 Å². The van der Waals surface area contributed by atoms with E-state index in [1.807, 2.05) is 6.07 Å². The van der Waals surface area contributed by atoms with Gasteiger partial charge in [-0.05, 0) is 29.8 Å². The highest BCUT2D eigenvalue weighted by Crippen LogP contribution is 2.45. The maximum absolute atomic E-state index is 9.49. The van der Waals surface area contributed by atoms with Gasteiger partial charge in [-0.2, -0.15) is 0 Å². The number of aromatic hydroxyl groups is 1. The van der Waals surface area contributed by atoms with Crippen LogP contribution in [0.4, 0.5) is 0 Å². The van der Waals surface area contributed by atoms with Crippen molar-refractivity contribution >= 4 is 11.6 Å². The average molecular weight is 295 g/mol. The van der Waals surface area contributed by atoms with E-state index in [0.29, 0.717) is 17.2 Å². The molecular weight excluding hydrogens is 280 g/mol. The van der Waals surface area contributed by atoms with Crippen molar-refractivity contribution in [3.63, 3.8) is 0 Å². The molecule has 0 bridgehead atoms. The van der Waals surface area contributed by atoms with Crippen LogP contribution in [0.5, 0.6) is 23.0 Å². The van der Waals surface area contributed by atoms with Crippen molar-refractivity contribution in [2.24, 2.45) is 0 Å². The van der Waals surface area contributed by atoms with Crippen LogP contribution in [-0.4, -0.2) is 26.4 Å². The normalized spacial score (nSPS) is 10.2. The Kier molecular flexibility index (Phi) is 4.25. The molecule has 0 aromatic heterocycles. The molecule has 4 nitrogen and oxygen atoms in total. The third-order valence-electron chi connectivity index (χ3n) is 2.96. The average Bonchev–Trinajstić information content (AvgIpc) is 2.48. The van der Waals surface area contributed by atoms with Gasteiger partial charge >= 0.3 is 0 Å². The number of benzene rings is 2. The van der Waals surface area contributed by atoms with Crippen LogP contribution in [0.3, 0.4) is 0 Å². The van der Waals surface area contributed by atoms with Gasteiger partial charge in [-0.25, -0.2) is 0 Å². The van der Waals surface area contributed by atoms with Crippen molar-refractivity contribution in [1.29, 1.82) is 0 Å². The van der Waals surface area contributed by atoms with E-state index in [2.05, 4.69) is 0 Å². The largest absolute Gasteiger partial charge is 0.506 e. The maximum Gasteiger partial charge on any atom is 0.203 e. The fourth-order valence-corrected chi connectivity index (χ4v) is 2.18. The molecule has 0 spiro atoms. The highest BCUT2D eigenvalue weighted by Gasteiger charge is 2.17. The first-order valence-electron chi connectivity index (χ1n) is 5.90. The highest BCUT2D eigenvalue weighted by atomic mass is 35.5. The van der Waals surface area contributed by atoms with Crippen molar-refractivity contribution in [1.82, 2.24) is 0 Å². The number of phenols is 1. The summed E-state index contributed by atoms with van der Waals surface area (Å²) in [6, 6.07) is 8.60. The first-order valence-corrected chi connectivity index (χ1v) is 6.28. The van der Waals surface area contributed by atoms with Gasteiger partial charge in [0, 0.05) is 5.56 Å². The molecule has 2 aromatic carbocycles. The van der Waals surface area contributed by atoms with E-state index in [-0.39, 0.29) is 10.8 Å². The second-order valence-electron chi connectivity index (χ2n) is 4.05. The minimum Gasteiger partial charge on any atom is -0.506 e. The lowest BCUT2D eigenvalue weighted by Crippen LogP contribution is -1.96. The smallest absolute Gasteiger partial charge is 0.203 e. The predicted octanol–water partition coefficient (Wildman–Crippen LogP) is 3.74. The zero-order valence-corrected chi connectivity index (χ0v) is 12.2. The summed E-state index contributed by atoms with van der Waals surface area (Å²) in [4.78, 5) is 0. The Labute approximate surface area is 122 Å². The van der Waals surface area contributed by atoms with Crippen LogP contribution >= 0.6 is 11.6 Å². The lowest BCUT2D eigenvalue weighted by atomic mass is 10.0. The van der Waals surface area contributed by atoms with E-state index in [4.69, 9.17) is 25.8 Å². The van der Waals surface area contributed by atoms with Crippen LogP contribution in [0, 0.1) is 0 Å². The molecule has 2 rings (SSSR count). The first-order chi connectivity index (χ1) is 9.62. The van der Waals surface area contributed by atoms with Crippen LogP contribution in [0.15, 0.2) is 30.3 Å². The quantitative estimate of drug-likeness (QED) is 0.933. The van der Waals surface area contributed by atoms with Crippen molar-refractivity contribution in [3.05, 3.63) is 35.4 Å². The molecule has 0 heterocycles. The summed E-state index contributed by atoms with van der Waals surface area (Å²) in [5.41, 5.74) is 1.61. The molecule has 1 N–H and O–H groups in total. The van der Waals surface area contributed by atoms with Crippen LogP contribution in [0.1, 0.15) is 0 Å². The van der Waals surface area contributed by atoms with Crippen molar-refractivity contribution in [2.75, 3.05) is 21.3 Å². The van der Waals surface area contributed by atoms with Crippen molar-refractivity contribution < 1.29 is 19.3 Å². The summed E-state index contributed by atoms with van der Waals surface area (Å²) in [5, 5.41) is 9.77. The number of hydrogen-bond acceptors (Lipinski definition) is 4. The molecule has 0 aliphatic rings. The second kappa shape index (κ2) is 5.92. The van der Waals surface area contributed by atoms with Gasteiger partial charge in [-0.1, -0.05) is 17.7 Å². The SMILES string of the molecule is COc1ccc(-c2ccc(O)c(Cl)c2)c(OC)c1OC. The molecular formula is C15H15ClO4. The number of ether oxygens (including phenoxy) is 3. The standard InChI is InChI=1S/C15H15ClO4/c1-18-13-7-5-10(14(19-2)15(13)20-3)9-4-6-12(17)11(16)8-9/h4-8,17H,1-3H3. The molecule has 106 valence electrons. The van der Waals surface area contributed by atoms with Gasteiger partial charge in [-0.3, -0.25) is 0 Å². The molecule has 5 heteroatoms. The van der Waals surface area contributed by atoms with E-state index >= 15 is 0 Å². The molecule has 0 radical (unpaired) electrons. The van der Waals surface area contributed by atoms with Gasteiger partial charge in [0.15, 0.2) is 11.5 Å². The summed E-state index contributed by atoms with van der Waals surface area (Å²) in [6.45, 7) is 0. The third-order valence-corrected chi connectivity index (χ3v) is 3.27. The Morgan fingerprint density at radius 3 is 2.15 bits per heavy atom. The van der Waals surface area contributed by atoms with Crippen LogP contribution < -0.4 is 14.2 Å². The Morgan fingerprint density at radius 2 is 1.60 bits per heavy atom. The van der Waals surface area contributed by atoms with E-state index in [9.17, 15) is 5.11 Å². The maximum atomic E-state index is 9.49. The lowest BCUT2D eigenvalue weighted by Gasteiger charge is -2.16. The summed E-state index contributed by atoms with van der Waals surface area (Å²) in [7, 11) is 4.67. The van der Waals surface area contributed by atoms with Crippen molar-refractivity contribution in [2.45, 2.75) is 0 Å². The Bertz CT molecular complexity index is 626. The number of halogens is 1. The lowest BCUT2D eigenvalue weighted by molar-refractivity contribution is 0.325. The molecule has 0 saturated carbocycles. The van der Waals surface area contributed by atoms with Gasteiger partial charge < -0.3 is 19.3 Å². The second-order valence-corrected chi connectivity index (χ2v) is 4.46. The number of hydrogen-bond donors (Lipinski definition) is 1. The van der Waals surface area contributed by atoms with Crippen LogP contribution in [-0.2, 0) is 0 Å². The Hall–Kier alpha value is -2.07. The van der Waals surface area contributed by atoms with E-state index < -0.39 is 0 Å². The van der Waals surface area contributed by atoms with Gasteiger partial charge in [0.1, 0.15) is 5.75 Å². The van der Waals surface area contributed by atoms with E-state index in [1.54, 1.807) is 39.5 Å². The molecule has 0 aliphatic carbocycles. The summed E-state index contributed by atoms with van der Waals surface area (Å²) in [6.07, 6.45) is 0. The highest BCUT2D eigenvalue weighted by molar-refractivity contribution is 6.32. The topological polar surface area (TPSA) is 47.9 Å². The number of phenolic OH excluding ortho intramolecular Hbond substituents is 1. The summed E-state index contributed by atoms with van der Waals surface area (Å²) < 4.78 is 16.0. The predicted molar refractivity (Wildman–Crippen MR) is 78.2 cm³/mol. The summed E-state index contributed by atoms with van der Waals surface area (Å²) in [5.74, 6) is 1.68. The zero-order valence-electron chi connectivity index (χ0n) is 11.4. The van der Waals surface area contributed by atoms with Crippen LogP contribution in [0.25, 0.3) is 11.1 Å². The van der Waals surface area contributed by atoms with E-state index in [0.717, 1.165) is 11.1 Å². The monoisotopic (exact) mass is 294 g/mol. The van der Waals surface area contributed by atoms with Gasteiger partial charge in [-0.15, -0.1) is 0 Å². The molecule has 0 amide bonds. The molecule has 0 aliphatic heterocycles. The fraction of sp³-hybridized carbons (Fsp3) is 0.200. The third kappa shape index (κ3) is 2.47. The fourth-order valence-electron chi connectivity index (χ4n) is 2.00. The minimum atomic E-state index is 0.0369. The molecule has 20 heavy (non-hydrogen) atoms. The van der Waals surface area contributed by atoms with Crippen molar-refractivity contribution in [3.8, 4) is 34.1 Å². The molecule has 0 atom stereocenters. The van der Waals surface area contributed by atoms with Crippen LogP contribution in [0.2, 0.25) is 5.02 Å². The minimum absolute atomic E-state index is 0.0369. The first kappa shape index (κ1) is 14.3. The molecule has 0 saturated heterocycles. The van der Waals surface area contributed by atoms with Gasteiger partial charge in [0.05, 0.1) is 26.4 Å². The molecule has 0 unspecified atom stereocenters.